The second-order valence-electron chi connectivity index (χ2n) is 4.55. The summed E-state index contributed by atoms with van der Waals surface area (Å²) in [4.78, 5) is 8.85. The Balaban J connectivity index is 1.59. The zero-order chi connectivity index (χ0) is 11.7. The summed E-state index contributed by atoms with van der Waals surface area (Å²) < 4.78 is 2.10. The second kappa shape index (κ2) is 4.58. The lowest BCUT2D eigenvalue weighted by Gasteiger charge is -1.98. The van der Waals surface area contributed by atoms with Crippen molar-refractivity contribution in [2.24, 2.45) is 0 Å². The Kier molecular flexibility index (Phi) is 2.94. The Labute approximate surface area is 105 Å². The van der Waals surface area contributed by atoms with Crippen molar-refractivity contribution >= 4 is 11.3 Å². The number of aryl methyl sites for hydroxylation is 1. The van der Waals surface area contributed by atoms with Crippen LogP contribution in [0.1, 0.15) is 29.2 Å². The molecule has 0 unspecified atom stereocenters. The van der Waals surface area contributed by atoms with Crippen molar-refractivity contribution < 1.29 is 0 Å². The molecule has 0 saturated heterocycles. The van der Waals surface area contributed by atoms with Gasteiger partial charge in [-0.25, -0.2) is 9.97 Å². The Morgan fingerprint density at radius 1 is 1.47 bits per heavy atom. The number of imidazole rings is 1. The first-order valence-corrected chi connectivity index (χ1v) is 6.82. The average molecular weight is 248 g/mol. The zero-order valence-corrected chi connectivity index (χ0v) is 10.7. The van der Waals surface area contributed by atoms with Crippen LogP contribution in [0.15, 0.2) is 17.9 Å². The molecule has 0 aromatic carbocycles. The molecule has 0 amide bonds. The highest BCUT2D eigenvalue weighted by molar-refractivity contribution is 7.09. The van der Waals surface area contributed by atoms with Gasteiger partial charge in [-0.1, -0.05) is 0 Å². The first-order chi connectivity index (χ1) is 8.29. The van der Waals surface area contributed by atoms with Crippen LogP contribution in [0, 0.1) is 6.92 Å². The third-order valence-corrected chi connectivity index (χ3v) is 3.67. The van der Waals surface area contributed by atoms with E-state index in [9.17, 15) is 0 Å². The van der Waals surface area contributed by atoms with Gasteiger partial charge in [-0.05, 0) is 19.8 Å². The van der Waals surface area contributed by atoms with Gasteiger partial charge in [-0.2, -0.15) is 0 Å². The lowest BCUT2D eigenvalue weighted by atomic mass is 10.4. The first-order valence-electron chi connectivity index (χ1n) is 5.94. The summed E-state index contributed by atoms with van der Waals surface area (Å²) in [7, 11) is 0. The minimum absolute atomic E-state index is 0.737. The van der Waals surface area contributed by atoms with E-state index < -0.39 is 0 Å². The summed E-state index contributed by atoms with van der Waals surface area (Å²) in [5, 5.41) is 6.69. The van der Waals surface area contributed by atoms with Crippen molar-refractivity contribution in [3.8, 4) is 0 Å². The fraction of sp³-hybridized carbons (Fsp3) is 0.500. The number of thiazole rings is 1. The summed E-state index contributed by atoms with van der Waals surface area (Å²) >= 11 is 1.70. The van der Waals surface area contributed by atoms with E-state index in [1.807, 2.05) is 13.3 Å². The number of hydrogen-bond acceptors (Lipinski definition) is 4. The van der Waals surface area contributed by atoms with Crippen LogP contribution >= 0.6 is 11.3 Å². The molecule has 90 valence electrons. The second-order valence-corrected chi connectivity index (χ2v) is 5.61. The molecule has 1 N–H and O–H groups in total. The van der Waals surface area contributed by atoms with Crippen molar-refractivity contribution in [2.75, 3.05) is 0 Å². The normalized spacial score (nSPS) is 15.4. The van der Waals surface area contributed by atoms with Gasteiger partial charge in [0.2, 0.25) is 0 Å². The van der Waals surface area contributed by atoms with Crippen LogP contribution in [-0.2, 0) is 13.1 Å². The number of nitrogens with one attached hydrogen (secondary N) is 1. The molecule has 5 heteroatoms. The lowest BCUT2D eigenvalue weighted by molar-refractivity contribution is 0.675. The largest absolute Gasteiger partial charge is 0.331 e. The van der Waals surface area contributed by atoms with Crippen LogP contribution in [0.3, 0.4) is 0 Å². The van der Waals surface area contributed by atoms with E-state index in [0.29, 0.717) is 0 Å². The standard InChI is InChI=1S/C12H16N4S/c1-9-15-12(7-17-9)6-16-5-11(14-8-16)4-13-10-2-3-10/h5,7-8,10,13H,2-4,6H2,1H3. The van der Waals surface area contributed by atoms with E-state index in [0.717, 1.165) is 35.5 Å². The monoisotopic (exact) mass is 248 g/mol. The fourth-order valence-corrected chi connectivity index (χ4v) is 2.39. The van der Waals surface area contributed by atoms with Crippen molar-refractivity contribution in [1.29, 1.82) is 0 Å². The van der Waals surface area contributed by atoms with Gasteiger partial charge >= 0.3 is 0 Å². The van der Waals surface area contributed by atoms with E-state index in [2.05, 4.69) is 31.4 Å². The van der Waals surface area contributed by atoms with E-state index in [1.165, 1.54) is 12.8 Å². The molecule has 17 heavy (non-hydrogen) atoms. The van der Waals surface area contributed by atoms with Crippen LogP contribution in [0.25, 0.3) is 0 Å². The summed E-state index contributed by atoms with van der Waals surface area (Å²) in [6.45, 7) is 3.74. The van der Waals surface area contributed by atoms with Crippen molar-refractivity contribution in [3.63, 3.8) is 0 Å². The molecule has 0 spiro atoms. The van der Waals surface area contributed by atoms with Gasteiger partial charge in [-0.3, -0.25) is 0 Å². The van der Waals surface area contributed by atoms with Crippen LogP contribution < -0.4 is 5.32 Å². The SMILES string of the molecule is Cc1nc(Cn2cnc(CNC3CC3)c2)cs1. The van der Waals surface area contributed by atoms with Crippen LogP contribution in [0.5, 0.6) is 0 Å². The average Bonchev–Trinajstić information content (AvgIpc) is 2.90. The van der Waals surface area contributed by atoms with Crippen LogP contribution in [0.4, 0.5) is 0 Å². The summed E-state index contributed by atoms with van der Waals surface area (Å²) in [5.74, 6) is 0. The third-order valence-electron chi connectivity index (χ3n) is 2.85. The minimum atomic E-state index is 0.737. The molecule has 3 rings (SSSR count). The number of hydrogen-bond donors (Lipinski definition) is 1. The molecule has 2 aromatic heterocycles. The smallest absolute Gasteiger partial charge is 0.0953 e. The van der Waals surface area contributed by atoms with Crippen molar-refractivity contribution in [2.45, 2.75) is 38.9 Å². The lowest BCUT2D eigenvalue weighted by Crippen LogP contribution is -2.15. The Hall–Kier alpha value is -1.20. The summed E-state index contributed by atoms with van der Waals surface area (Å²) in [6, 6.07) is 0.737. The van der Waals surface area contributed by atoms with Crippen LogP contribution in [0.2, 0.25) is 0 Å². The Morgan fingerprint density at radius 2 is 2.35 bits per heavy atom. The van der Waals surface area contributed by atoms with Crippen molar-refractivity contribution in [3.05, 3.63) is 34.3 Å². The van der Waals surface area contributed by atoms with Gasteiger partial charge in [0.05, 0.1) is 29.3 Å². The number of nitrogens with zero attached hydrogens (tertiary/aromatic N) is 3. The molecule has 1 fully saturated rings. The summed E-state index contributed by atoms with van der Waals surface area (Å²) in [5.41, 5.74) is 2.23. The Bertz CT molecular complexity index is 498. The maximum atomic E-state index is 4.45. The summed E-state index contributed by atoms with van der Waals surface area (Å²) in [6.07, 6.45) is 6.63. The molecule has 1 saturated carbocycles. The molecule has 1 aliphatic carbocycles. The minimum Gasteiger partial charge on any atom is -0.331 e. The highest BCUT2D eigenvalue weighted by Crippen LogP contribution is 2.19. The van der Waals surface area contributed by atoms with Gasteiger partial charge in [0, 0.05) is 24.2 Å². The molecular formula is C12H16N4S. The molecule has 2 aromatic rings. The zero-order valence-electron chi connectivity index (χ0n) is 9.89. The van der Waals surface area contributed by atoms with E-state index in [4.69, 9.17) is 0 Å². The predicted octanol–water partition coefficient (Wildman–Crippen LogP) is 1.95. The number of aromatic nitrogens is 3. The quantitative estimate of drug-likeness (QED) is 0.879. The molecular weight excluding hydrogens is 232 g/mol. The first kappa shape index (κ1) is 10.9. The van der Waals surface area contributed by atoms with Crippen molar-refractivity contribution in [1.82, 2.24) is 19.9 Å². The topological polar surface area (TPSA) is 42.7 Å². The maximum absolute atomic E-state index is 4.45. The molecule has 2 heterocycles. The Morgan fingerprint density at radius 3 is 3.06 bits per heavy atom. The molecule has 4 nitrogen and oxygen atoms in total. The highest BCUT2D eigenvalue weighted by atomic mass is 32.1. The molecule has 1 aliphatic rings. The van der Waals surface area contributed by atoms with Gasteiger partial charge in [0.1, 0.15) is 0 Å². The molecule has 0 bridgehead atoms. The third kappa shape index (κ3) is 2.92. The van der Waals surface area contributed by atoms with E-state index in [1.54, 1.807) is 11.3 Å². The molecule has 0 radical (unpaired) electrons. The highest BCUT2D eigenvalue weighted by Gasteiger charge is 2.20. The van der Waals surface area contributed by atoms with E-state index >= 15 is 0 Å². The fourth-order valence-electron chi connectivity index (χ4n) is 1.79. The molecule has 0 aliphatic heterocycles. The van der Waals surface area contributed by atoms with Crippen LogP contribution in [-0.4, -0.2) is 20.6 Å². The molecule has 0 atom stereocenters. The van der Waals surface area contributed by atoms with E-state index in [-0.39, 0.29) is 0 Å². The van der Waals surface area contributed by atoms with Gasteiger partial charge in [0.25, 0.3) is 0 Å². The van der Waals surface area contributed by atoms with Gasteiger partial charge < -0.3 is 9.88 Å². The maximum Gasteiger partial charge on any atom is 0.0953 e. The van der Waals surface area contributed by atoms with Gasteiger partial charge in [0.15, 0.2) is 0 Å². The number of rotatable bonds is 5. The van der Waals surface area contributed by atoms with Gasteiger partial charge in [-0.15, -0.1) is 11.3 Å². The predicted molar refractivity (Wildman–Crippen MR) is 68.0 cm³/mol.